The molecule has 7 heteroatoms. The average Bonchev–Trinajstić information content (AvgIpc) is 2.43. The Labute approximate surface area is 118 Å². The van der Waals surface area contributed by atoms with Crippen molar-refractivity contribution in [2.45, 2.75) is 37.9 Å². The lowest BCUT2D eigenvalue weighted by atomic mass is 9.76. The summed E-state index contributed by atoms with van der Waals surface area (Å²) in [5.41, 5.74) is 5.64. The van der Waals surface area contributed by atoms with Crippen molar-refractivity contribution < 1.29 is 26.3 Å². The van der Waals surface area contributed by atoms with Crippen molar-refractivity contribution in [1.29, 1.82) is 0 Å². The highest BCUT2D eigenvalue weighted by molar-refractivity contribution is 5.24. The molecule has 21 heavy (non-hydrogen) atoms. The van der Waals surface area contributed by atoms with Gasteiger partial charge in [-0.15, -0.1) is 0 Å². The van der Waals surface area contributed by atoms with E-state index in [9.17, 15) is 26.3 Å². The zero-order valence-electron chi connectivity index (χ0n) is 11.1. The molecule has 1 aromatic rings. The number of alkyl halides is 3. The second kappa shape index (κ2) is 5.87. The largest absolute Gasteiger partial charge is 0.391 e. The van der Waals surface area contributed by atoms with Gasteiger partial charge in [0, 0.05) is 11.6 Å². The molecule has 0 aliphatic heterocycles. The van der Waals surface area contributed by atoms with E-state index in [-0.39, 0.29) is 37.2 Å². The van der Waals surface area contributed by atoms with E-state index in [4.69, 9.17) is 5.73 Å². The summed E-state index contributed by atoms with van der Waals surface area (Å²) in [7, 11) is 0. The van der Waals surface area contributed by atoms with Gasteiger partial charge in [-0.05, 0) is 37.7 Å². The Hall–Kier alpha value is -1.24. The smallest absolute Gasteiger partial charge is 0.324 e. The molecule has 0 amide bonds. The van der Waals surface area contributed by atoms with E-state index < -0.39 is 35.6 Å². The van der Waals surface area contributed by atoms with Gasteiger partial charge in [0.15, 0.2) is 17.5 Å². The SMILES string of the molecule is NC(c1ccc(F)c(F)c1F)C1CCC(C(F)(F)F)CC1. The highest BCUT2D eigenvalue weighted by atomic mass is 19.4. The zero-order chi connectivity index (χ0) is 15.8. The lowest BCUT2D eigenvalue weighted by Crippen LogP contribution is -2.32. The zero-order valence-corrected chi connectivity index (χ0v) is 11.1. The molecule has 1 aromatic carbocycles. The Morgan fingerprint density at radius 2 is 1.52 bits per heavy atom. The van der Waals surface area contributed by atoms with Gasteiger partial charge < -0.3 is 5.73 Å². The summed E-state index contributed by atoms with van der Waals surface area (Å²) in [6, 6.07) is 0.887. The highest BCUT2D eigenvalue weighted by Gasteiger charge is 2.42. The van der Waals surface area contributed by atoms with E-state index in [1.165, 1.54) is 0 Å². The van der Waals surface area contributed by atoms with E-state index in [0.717, 1.165) is 12.1 Å². The molecule has 0 saturated heterocycles. The molecule has 118 valence electrons. The first-order valence-electron chi connectivity index (χ1n) is 6.67. The van der Waals surface area contributed by atoms with E-state index in [1.807, 2.05) is 0 Å². The Morgan fingerprint density at radius 3 is 2.05 bits per heavy atom. The minimum atomic E-state index is -4.23. The van der Waals surface area contributed by atoms with Crippen LogP contribution in [0.4, 0.5) is 26.3 Å². The molecule has 1 aliphatic rings. The van der Waals surface area contributed by atoms with Crippen LogP contribution in [0.15, 0.2) is 12.1 Å². The molecule has 0 bridgehead atoms. The molecule has 0 aromatic heterocycles. The van der Waals surface area contributed by atoms with Crippen LogP contribution in [0.25, 0.3) is 0 Å². The summed E-state index contributed by atoms with van der Waals surface area (Å²) in [5, 5.41) is 0. The third-order valence-corrected chi connectivity index (χ3v) is 4.17. The van der Waals surface area contributed by atoms with Crippen LogP contribution in [0.2, 0.25) is 0 Å². The van der Waals surface area contributed by atoms with Gasteiger partial charge >= 0.3 is 6.18 Å². The molecule has 1 unspecified atom stereocenters. The van der Waals surface area contributed by atoms with Crippen LogP contribution in [0, 0.1) is 29.3 Å². The standard InChI is InChI=1S/C14H15F6N/c15-10-6-5-9(11(16)12(10)17)13(21)7-1-3-8(4-2-7)14(18,19)20/h5-8,13H,1-4,21H2. The van der Waals surface area contributed by atoms with Crippen molar-refractivity contribution in [3.05, 3.63) is 35.1 Å². The lowest BCUT2D eigenvalue weighted by molar-refractivity contribution is -0.184. The van der Waals surface area contributed by atoms with E-state index >= 15 is 0 Å². The maximum atomic E-state index is 13.7. The van der Waals surface area contributed by atoms with Crippen LogP contribution in [0.1, 0.15) is 37.3 Å². The molecule has 2 N–H and O–H groups in total. The van der Waals surface area contributed by atoms with Gasteiger partial charge in [-0.3, -0.25) is 0 Å². The summed E-state index contributed by atoms with van der Waals surface area (Å²) in [6.45, 7) is 0. The average molecular weight is 311 g/mol. The van der Waals surface area contributed by atoms with E-state index in [1.54, 1.807) is 0 Å². The third-order valence-electron chi connectivity index (χ3n) is 4.17. The van der Waals surface area contributed by atoms with Gasteiger partial charge in [-0.1, -0.05) is 6.07 Å². The van der Waals surface area contributed by atoms with Crippen LogP contribution < -0.4 is 5.73 Å². The molecule has 1 saturated carbocycles. The molecule has 1 nitrogen and oxygen atoms in total. The van der Waals surface area contributed by atoms with Crippen LogP contribution >= 0.6 is 0 Å². The molecule has 1 fully saturated rings. The topological polar surface area (TPSA) is 26.0 Å². The second-order valence-electron chi connectivity index (χ2n) is 5.44. The number of halogens is 6. The minimum Gasteiger partial charge on any atom is -0.324 e. The van der Waals surface area contributed by atoms with Crippen LogP contribution in [0.5, 0.6) is 0 Å². The summed E-state index contributed by atoms with van der Waals surface area (Å²) in [5.74, 6) is -6.02. The summed E-state index contributed by atoms with van der Waals surface area (Å²) >= 11 is 0. The van der Waals surface area contributed by atoms with Gasteiger partial charge in [-0.2, -0.15) is 13.2 Å². The molecule has 1 aliphatic carbocycles. The summed E-state index contributed by atoms with van der Waals surface area (Å²) < 4.78 is 77.4. The number of nitrogens with two attached hydrogens (primary N) is 1. The maximum Gasteiger partial charge on any atom is 0.391 e. The number of hydrogen-bond donors (Lipinski definition) is 1. The third kappa shape index (κ3) is 3.33. The van der Waals surface area contributed by atoms with E-state index in [0.29, 0.717) is 0 Å². The quantitative estimate of drug-likeness (QED) is 0.633. The fourth-order valence-corrected chi connectivity index (χ4v) is 2.86. The van der Waals surface area contributed by atoms with Crippen molar-refractivity contribution in [2.24, 2.45) is 17.6 Å². The summed E-state index contributed by atoms with van der Waals surface area (Å²) in [6.07, 6.45) is -4.02. The monoisotopic (exact) mass is 311 g/mol. The predicted octanol–water partition coefficient (Wildman–Crippen LogP) is 4.47. The Kier molecular flexibility index (Phi) is 4.51. The number of hydrogen-bond acceptors (Lipinski definition) is 1. The maximum absolute atomic E-state index is 13.7. The van der Waals surface area contributed by atoms with Crippen LogP contribution in [-0.4, -0.2) is 6.18 Å². The summed E-state index contributed by atoms with van der Waals surface area (Å²) in [4.78, 5) is 0. The second-order valence-corrected chi connectivity index (χ2v) is 5.44. The molecule has 0 heterocycles. The van der Waals surface area contributed by atoms with Crippen molar-refractivity contribution in [1.82, 2.24) is 0 Å². The first kappa shape index (κ1) is 16.1. The van der Waals surface area contributed by atoms with Gasteiger partial charge in [-0.25, -0.2) is 13.2 Å². The molecular formula is C14H15F6N. The predicted molar refractivity (Wildman–Crippen MR) is 64.7 cm³/mol. The minimum absolute atomic E-state index is 0.0762. The van der Waals surface area contributed by atoms with Gasteiger partial charge in [0.05, 0.1) is 5.92 Å². The molecule has 2 rings (SSSR count). The molecule has 1 atom stereocenters. The normalized spacial score (nSPS) is 24.9. The highest BCUT2D eigenvalue weighted by Crippen LogP contribution is 2.42. The van der Waals surface area contributed by atoms with Gasteiger partial charge in [0.2, 0.25) is 0 Å². The van der Waals surface area contributed by atoms with Crippen molar-refractivity contribution in [3.8, 4) is 0 Å². The van der Waals surface area contributed by atoms with Crippen LogP contribution in [0.3, 0.4) is 0 Å². The van der Waals surface area contributed by atoms with Crippen LogP contribution in [-0.2, 0) is 0 Å². The first-order chi connectivity index (χ1) is 9.71. The lowest BCUT2D eigenvalue weighted by Gasteiger charge is -2.33. The number of benzene rings is 1. The van der Waals surface area contributed by atoms with Crippen molar-refractivity contribution in [2.75, 3.05) is 0 Å². The molecule has 0 radical (unpaired) electrons. The van der Waals surface area contributed by atoms with E-state index in [2.05, 4.69) is 0 Å². The number of rotatable bonds is 2. The fourth-order valence-electron chi connectivity index (χ4n) is 2.86. The molecular weight excluding hydrogens is 296 g/mol. The first-order valence-corrected chi connectivity index (χ1v) is 6.67. The Bertz CT molecular complexity index is 505. The van der Waals surface area contributed by atoms with Crippen molar-refractivity contribution >= 4 is 0 Å². The fraction of sp³-hybridized carbons (Fsp3) is 0.571. The Balaban J connectivity index is 2.09. The molecule has 0 spiro atoms. The van der Waals surface area contributed by atoms with Gasteiger partial charge in [0.1, 0.15) is 0 Å². The van der Waals surface area contributed by atoms with Gasteiger partial charge in [0.25, 0.3) is 0 Å². The van der Waals surface area contributed by atoms with Crippen molar-refractivity contribution in [3.63, 3.8) is 0 Å². The Morgan fingerprint density at radius 1 is 0.952 bits per heavy atom.